The van der Waals surface area contributed by atoms with E-state index in [1.165, 1.54) is 18.2 Å². The highest BCUT2D eigenvalue weighted by Gasteiger charge is 2.10. The summed E-state index contributed by atoms with van der Waals surface area (Å²) >= 11 is 5.91. The third-order valence-corrected chi connectivity index (χ3v) is 3.17. The lowest BCUT2D eigenvalue weighted by atomic mass is 10.2. The zero-order valence-electron chi connectivity index (χ0n) is 11.8. The topological polar surface area (TPSA) is 75.6 Å². The van der Waals surface area contributed by atoms with Crippen LogP contribution in [-0.2, 0) is 4.79 Å². The minimum absolute atomic E-state index is 0.0569. The first-order valence-electron chi connectivity index (χ1n) is 6.48. The Kier molecular flexibility index (Phi) is 5.01. The van der Waals surface area contributed by atoms with Gasteiger partial charge in [-0.25, -0.2) is 4.79 Å². The van der Waals surface area contributed by atoms with Crippen LogP contribution in [0.3, 0.4) is 0 Å². The van der Waals surface area contributed by atoms with Gasteiger partial charge >= 0.3 is 5.97 Å². The van der Waals surface area contributed by atoms with E-state index in [9.17, 15) is 9.59 Å². The van der Waals surface area contributed by atoms with E-state index in [1.807, 2.05) is 19.1 Å². The van der Waals surface area contributed by atoms with Crippen molar-refractivity contribution in [3.05, 3.63) is 58.6 Å². The summed E-state index contributed by atoms with van der Waals surface area (Å²) in [6.45, 7) is 1.73. The second kappa shape index (κ2) is 6.95. The molecule has 2 rings (SSSR count). The average Bonchev–Trinajstić information content (AvgIpc) is 2.48. The van der Waals surface area contributed by atoms with Crippen LogP contribution >= 0.6 is 11.6 Å². The summed E-state index contributed by atoms with van der Waals surface area (Å²) in [5, 5.41) is 11.7. The van der Waals surface area contributed by atoms with Gasteiger partial charge < -0.3 is 15.2 Å². The maximum Gasteiger partial charge on any atom is 0.335 e. The van der Waals surface area contributed by atoms with E-state index >= 15 is 0 Å². The Bertz CT molecular complexity index is 698. The van der Waals surface area contributed by atoms with Crippen LogP contribution in [0, 0.1) is 6.92 Å². The molecule has 5 nitrogen and oxygen atoms in total. The lowest BCUT2D eigenvalue weighted by molar-refractivity contribution is -0.118. The Labute approximate surface area is 132 Å². The van der Waals surface area contributed by atoms with E-state index in [0.717, 1.165) is 5.56 Å². The fraction of sp³-hybridized carbons (Fsp3) is 0.125. The Morgan fingerprint density at radius 3 is 2.45 bits per heavy atom. The number of amides is 1. The van der Waals surface area contributed by atoms with Crippen LogP contribution in [0.1, 0.15) is 15.9 Å². The number of carbonyl (C=O) groups is 2. The molecule has 0 aromatic heterocycles. The predicted molar refractivity (Wildman–Crippen MR) is 83.7 cm³/mol. The van der Waals surface area contributed by atoms with E-state index in [2.05, 4.69) is 5.32 Å². The Balaban J connectivity index is 1.93. The zero-order valence-corrected chi connectivity index (χ0v) is 12.6. The van der Waals surface area contributed by atoms with Gasteiger partial charge in [-0.15, -0.1) is 0 Å². The monoisotopic (exact) mass is 319 g/mol. The number of hydrogen-bond acceptors (Lipinski definition) is 3. The number of carboxylic acids is 1. The molecule has 0 fully saturated rings. The highest BCUT2D eigenvalue weighted by atomic mass is 35.5. The van der Waals surface area contributed by atoms with Crippen molar-refractivity contribution >= 4 is 29.2 Å². The molecular weight excluding hydrogens is 306 g/mol. The van der Waals surface area contributed by atoms with Crippen LogP contribution in [0.2, 0.25) is 5.02 Å². The summed E-state index contributed by atoms with van der Waals surface area (Å²) in [4.78, 5) is 22.6. The first kappa shape index (κ1) is 15.9. The lowest BCUT2D eigenvalue weighted by Crippen LogP contribution is -2.20. The second-order valence-corrected chi connectivity index (χ2v) is 5.06. The summed E-state index contributed by atoms with van der Waals surface area (Å²) in [7, 11) is 0. The fourth-order valence-electron chi connectivity index (χ4n) is 1.73. The Hall–Kier alpha value is -2.53. The fourth-order valence-corrected chi connectivity index (χ4v) is 1.96. The van der Waals surface area contributed by atoms with Crippen molar-refractivity contribution in [1.29, 1.82) is 0 Å². The lowest BCUT2D eigenvalue weighted by Gasteiger charge is -2.09. The third kappa shape index (κ3) is 4.23. The zero-order chi connectivity index (χ0) is 16.1. The molecule has 22 heavy (non-hydrogen) atoms. The molecule has 0 aliphatic heterocycles. The van der Waals surface area contributed by atoms with Gasteiger partial charge in [0.1, 0.15) is 5.75 Å². The maximum atomic E-state index is 11.8. The predicted octanol–water partition coefficient (Wildman–Crippen LogP) is 3.36. The first-order valence-corrected chi connectivity index (χ1v) is 6.85. The molecule has 0 saturated heterocycles. The van der Waals surface area contributed by atoms with Gasteiger partial charge in [0.2, 0.25) is 0 Å². The number of hydrogen-bond donors (Lipinski definition) is 2. The van der Waals surface area contributed by atoms with Gasteiger partial charge in [-0.1, -0.05) is 29.3 Å². The van der Waals surface area contributed by atoms with Crippen molar-refractivity contribution in [3.8, 4) is 5.75 Å². The van der Waals surface area contributed by atoms with Gasteiger partial charge in [0.15, 0.2) is 6.61 Å². The second-order valence-electron chi connectivity index (χ2n) is 4.65. The number of rotatable bonds is 5. The minimum atomic E-state index is -1.08. The molecule has 0 aliphatic rings. The van der Waals surface area contributed by atoms with Gasteiger partial charge in [-0.05, 0) is 37.3 Å². The highest BCUT2D eigenvalue weighted by molar-refractivity contribution is 6.32. The van der Waals surface area contributed by atoms with E-state index in [0.29, 0.717) is 5.69 Å². The number of ether oxygens (including phenoxy) is 1. The first-order chi connectivity index (χ1) is 10.5. The maximum absolute atomic E-state index is 11.8. The number of nitrogens with one attached hydrogen (secondary N) is 1. The van der Waals surface area contributed by atoms with E-state index < -0.39 is 5.97 Å². The molecule has 2 N–H and O–H groups in total. The summed E-state index contributed by atoms with van der Waals surface area (Å²) < 4.78 is 5.29. The molecule has 0 spiro atoms. The van der Waals surface area contributed by atoms with Gasteiger partial charge in [0, 0.05) is 5.69 Å². The van der Waals surface area contributed by atoms with Gasteiger partial charge in [0.05, 0.1) is 10.6 Å². The molecule has 1 amide bonds. The van der Waals surface area contributed by atoms with Crippen LogP contribution in [0.4, 0.5) is 5.69 Å². The van der Waals surface area contributed by atoms with Crippen molar-refractivity contribution in [2.45, 2.75) is 6.92 Å². The van der Waals surface area contributed by atoms with Crippen molar-refractivity contribution in [3.63, 3.8) is 0 Å². The van der Waals surface area contributed by atoms with Crippen molar-refractivity contribution < 1.29 is 19.4 Å². The summed E-state index contributed by atoms with van der Waals surface area (Å²) in [6, 6.07) is 11.4. The number of carboxylic acid groups (broad SMARTS) is 1. The van der Waals surface area contributed by atoms with Gasteiger partial charge in [-0.3, -0.25) is 4.79 Å². The molecule has 0 radical (unpaired) electrons. The largest absolute Gasteiger partial charge is 0.482 e. The number of anilines is 1. The SMILES string of the molecule is Cc1ccc(NC(=O)COc2ccc(C(=O)O)cc2Cl)cc1. The molecule has 0 unspecified atom stereocenters. The number of benzene rings is 2. The van der Waals surface area contributed by atoms with Gasteiger partial charge in [-0.2, -0.15) is 0 Å². The van der Waals surface area contributed by atoms with Crippen molar-refractivity contribution in [1.82, 2.24) is 0 Å². The molecule has 0 bridgehead atoms. The van der Waals surface area contributed by atoms with Gasteiger partial charge in [0.25, 0.3) is 5.91 Å². The number of halogens is 1. The molecule has 114 valence electrons. The molecule has 2 aromatic rings. The average molecular weight is 320 g/mol. The van der Waals surface area contributed by atoms with Crippen LogP contribution in [0.25, 0.3) is 0 Å². The van der Waals surface area contributed by atoms with Crippen molar-refractivity contribution in [2.75, 3.05) is 11.9 Å². The summed E-state index contributed by atoms with van der Waals surface area (Å²) in [5.41, 5.74) is 1.83. The molecule has 0 heterocycles. The smallest absolute Gasteiger partial charge is 0.335 e. The third-order valence-electron chi connectivity index (χ3n) is 2.87. The van der Waals surface area contributed by atoms with E-state index in [-0.39, 0.29) is 28.8 Å². The summed E-state index contributed by atoms with van der Waals surface area (Å²) in [5.74, 6) is -1.15. The Morgan fingerprint density at radius 1 is 1.18 bits per heavy atom. The number of aryl methyl sites for hydroxylation is 1. The molecule has 6 heteroatoms. The minimum Gasteiger partial charge on any atom is -0.482 e. The highest BCUT2D eigenvalue weighted by Crippen LogP contribution is 2.25. The Morgan fingerprint density at radius 2 is 1.86 bits per heavy atom. The summed E-state index contributed by atoms with van der Waals surface area (Å²) in [6.07, 6.45) is 0. The van der Waals surface area contributed by atoms with Crippen molar-refractivity contribution in [2.24, 2.45) is 0 Å². The molecule has 0 atom stereocenters. The van der Waals surface area contributed by atoms with Crippen LogP contribution in [-0.4, -0.2) is 23.6 Å². The molecule has 2 aromatic carbocycles. The van der Waals surface area contributed by atoms with Crippen LogP contribution in [0.5, 0.6) is 5.75 Å². The number of aromatic carboxylic acids is 1. The quantitative estimate of drug-likeness (QED) is 0.886. The van der Waals surface area contributed by atoms with E-state index in [4.69, 9.17) is 21.4 Å². The molecular formula is C16H14ClNO4. The van der Waals surface area contributed by atoms with Crippen LogP contribution < -0.4 is 10.1 Å². The van der Waals surface area contributed by atoms with E-state index in [1.54, 1.807) is 12.1 Å². The normalized spacial score (nSPS) is 10.1. The van der Waals surface area contributed by atoms with Crippen LogP contribution in [0.15, 0.2) is 42.5 Å². The molecule has 0 aliphatic carbocycles. The standard InChI is InChI=1S/C16H14ClNO4/c1-10-2-5-12(6-3-10)18-15(19)9-22-14-7-4-11(16(20)21)8-13(14)17/h2-8H,9H2,1H3,(H,18,19)(H,20,21). The molecule has 0 saturated carbocycles. The number of carbonyl (C=O) groups excluding carboxylic acids is 1.